The second-order valence-corrected chi connectivity index (χ2v) is 5.44. The summed E-state index contributed by atoms with van der Waals surface area (Å²) in [5.41, 5.74) is 0.689. The third-order valence-corrected chi connectivity index (χ3v) is 3.09. The summed E-state index contributed by atoms with van der Waals surface area (Å²) in [5, 5.41) is 0. The second-order valence-electron chi connectivity index (χ2n) is 4.20. The third-order valence-electron chi connectivity index (χ3n) is 2.47. The van der Waals surface area contributed by atoms with Gasteiger partial charge in [-0.05, 0) is 54.1 Å². The highest BCUT2D eigenvalue weighted by atomic mass is 127. The molecule has 0 heterocycles. The zero-order chi connectivity index (χ0) is 15.7. The molecule has 6 heteroatoms. The van der Waals surface area contributed by atoms with Crippen LogP contribution in [0.15, 0.2) is 18.2 Å². The number of ether oxygens (including phenoxy) is 3. The fourth-order valence-electron chi connectivity index (χ4n) is 1.52. The SMILES string of the molecule is CCCOC(=O)c1cc(I)cc(C(=O)OCCOCC)c1. The Morgan fingerprint density at radius 1 is 0.952 bits per heavy atom. The van der Waals surface area contributed by atoms with Crippen molar-refractivity contribution >= 4 is 34.5 Å². The molecule has 0 aliphatic carbocycles. The molecule has 5 nitrogen and oxygen atoms in total. The molecule has 0 N–H and O–H groups in total. The summed E-state index contributed by atoms with van der Waals surface area (Å²) < 4.78 is 16.0. The van der Waals surface area contributed by atoms with Crippen LogP contribution in [0.25, 0.3) is 0 Å². The lowest BCUT2D eigenvalue weighted by atomic mass is 10.1. The normalized spacial score (nSPS) is 10.2. The number of carbonyl (C=O) groups excluding carboxylic acids is 2. The molecule has 0 radical (unpaired) electrons. The number of halogens is 1. The topological polar surface area (TPSA) is 61.8 Å². The summed E-state index contributed by atoms with van der Waals surface area (Å²) in [7, 11) is 0. The van der Waals surface area contributed by atoms with Crippen molar-refractivity contribution in [2.45, 2.75) is 20.3 Å². The Hall–Kier alpha value is -1.15. The minimum Gasteiger partial charge on any atom is -0.462 e. The number of hydrogen-bond donors (Lipinski definition) is 0. The van der Waals surface area contributed by atoms with E-state index in [9.17, 15) is 9.59 Å². The molecule has 0 fully saturated rings. The molecule has 1 aromatic carbocycles. The zero-order valence-corrected chi connectivity index (χ0v) is 14.3. The van der Waals surface area contributed by atoms with Crippen LogP contribution in [0.1, 0.15) is 41.0 Å². The van der Waals surface area contributed by atoms with Crippen LogP contribution >= 0.6 is 22.6 Å². The van der Waals surface area contributed by atoms with Crippen molar-refractivity contribution in [1.82, 2.24) is 0 Å². The standard InChI is InChI=1S/C15H19IO5/c1-3-5-20-14(17)11-8-12(10-13(16)9-11)15(18)21-7-6-19-4-2/h8-10H,3-7H2,1-2H3. The summed E-state index contributed by atoms with van der Waals surface area (Å²) >= 11 is 2.05. The van der Waals surface area contributed by atoms with Gasteiger partial charge in [0, 0.05) is 10.2 Å². The molecule has 1 aromatic rings. The molecule has 1 rings (SSSR count). The van der Waals surface area contributed by atoms with Gasteiger partial charge in [0.15, 0.2) is 0 Å². The van der Waals surface area contributed by atoms with Crippen molar-refractivity contribution < 1.29 is 23.8 Å². The molecule has 0 unspecified atom stereocenters. The van der Waals surface area contributed by atoms with Crippen LogP contribution in [0.3, 0.4) is 0 Å². The summed E-state index contributed by atoms with van der Waals surface area (Å²) in [6.45, 7) is 5.27. The molecule has 0 atom stereocenters. The van der Waals surface area contributed by atoms with Crippen molar-refractivity contribution in [3.05, 3.63) is 32.9 Å². The molecular weight excluding hydrogens is 387 g/mol. The predicted octanol–water partition coefficient (Wildman–Crippen LogP) is 3.05. The quantitative estimate of drug-likeness (QED) is 0.377. The number of esters is 2. The van der Waals surface area contributed by atoms with Crippen LogP contribution in [0.4, 0.5) is 0 Å². The van der Waals surface area contributed by atoms with E-state index in [1.54, 1.807) is 12.1 Å². The highest BCUT2D eigenvalue weighted by Gasteiger charge is 2.14. The molecule has 0 saturated heterocycles. The predicted molar refractivity (Wildman–Crippen MR) is 86.5 cm³/mol. The second kappa shape index (κ2) is 9.73. The van der Waals surface area contributed by atoms with Gasteiger partial charge in [-0.3, -0.25) is 0 Å². The van der Waals surface area contributed by atoms with Gasteiger partial charge in [-0.2, -0.15) is 0 Å². The lowest BCUT2D eigenvalue weighted by Crippen LogP contribution is -2.13. The molecule has 0 spiro atoms. The summed E-state index contributed by atoms with van der Waals surface area (Å²) in [4.78, 5) is 23.7. The maximum atomic E-state index is 11.9. The first-order valence-corrected chi connectivity index (χ1v) is 7.89. The Bertz CT molecular complexity index is 487. The highest BCUT2D eigenvalue weighted by molar-refractivity contribution is 14.1. The van der Waals surface area contributed by atoms with Crippen LogP contribution in [-0.2, 0) is 14.2 Å². The first-order chi connectivity index (χ1) is 10.1. The largest absolute Gasteiger partial charge is 0.462 e. The average Bonchev–Trinajstić information content (AvgIpc) is 2.48. The van der Waals surface area contributed by atoms with Crippen LogP contribution in [0.2, 0.25) is 0 Å². The van der Waals surface area contributed by atoms with Crippen LogP contribution < -0.4 is 0 Å². The van der Waals surface area contributed by atoms with Crippen molar-refractivity contribution in [2.24, 2.45) is 0 Å². The average molecular weight is 406 g/mol. The fourth-order valence-corrected chi connectivity index (χ4v) is 2.20. The first-order valence-electron chi connectivity index (χ1n) is 6.81. The van der Waals surface area contributed by atoms with Crippen molar-refractivity contribution in [2.75, 3.05) is 26.4 Å². The highest BCUT2D eigenvalue weighted by Crippen LogP contribution is 2.15. The van der Waals surface area contributed by atoms with E-state index in [1.165, 1.54) is 6.07 Å². The monoisotopic (exact) mass is 406 g/mol. The van der Waals surface area contributed by atoms with Gasteiger partial charge >= 0.3 is 11.9 Å². The van der Waals surface area contributed by atoms with Crippen molar-refractivity contribution in [1.29, 1.82) is 0 Å². The molecular formula is C15H19IO5. The molecule has 0 aliphatic heterocycles. The van der Waals surface area contributed by atoms with E-state index in [1.807, 2.05) is 36.4 Å². The van der Waals surface area contributed by atoms with Gasteiger partial charge in [-0.1, -0.05) is 6.92 Å². The van der Waals surface area contributed by atoms with Crippen molar-refractivity contribution in [3.63, 3.8) is 0 Å². The summed E-state index contributed by atoms with van der Waals surface area (Å²) in [6.07, 6.45) is 0.752. The molecule has 0 saturated carbocycles. The van der Waals surface area contributed by atoms with E-state index in [0.29, 0.717) is 30.9 Å². The Morgan fingerprint density at radius 2 is 1.52 bits per heavy atom. The Balaban J connectivity index is 2.72. The van der Waals surface area contributed by atoms with Gasteiger partial charge < -0.3 is 14.2 Å². The van der Waals surface area contributed by atoms with E-state index in [0.717, 1.165) is 9.99 Å². The van der Waals surface area contributed by atoms with E-state index in [-0.39, 0.29) is 6.61 Å². The lowest BCUT2D eigenvalue weighted by molar-refractivity contribution is 0.0335. The maximum Gasteiger partial charge on any atom is 0.338 e. The minimum absolute atomic E-state index is 0.188. The van der Waals surface area contributed by atoms with Gasteiger partial charge in [-0.25, -0.2) is 9.59 Å². The van der Waals surface area contributed by atoms with E-state index in [2.05, 4.69) is 0 Å². The molecule has 0 bridgehead atoms. The molecule has 0 amide bonds. The number of hydrogen-bond acceptors (Lipinski definition) is 5. The third kappa shape index (κ3) is 6.43. The number of rotatable bonds is 8. The Labute approximate surface area is 138 Å². The number of carbonyl (C=O) groups is 2. The Kier molecular flexibility index (Phi) is 8.29. The summed E-state index contributed by atoms with van der Waals surface area (Å²) in [6, 6.07) is 4.83. The Morgan fingerprint density at radius 3 is 2.05 bits per heavy atom. The van der Waals surface area contributed by atoms with Crippen LogP contribution in [0.5, 0.6) is 0 Å². The minimum atomic E-state index is -0.474. The zero-order valence-electron chi connectivity index (χ0n) is 12.2. The smallest absolute Gasteiger partial charge is 0.338 e. The van der Waals surface area contributed by atoms with Crippen molar-refractivity contribution in [3.8, 4) is 0 Å². The van der Waals surface area contributed by atoms with E-state index < -0.39 is 11.9 Å². The van der Waals surface area contributed by atoms with Gasteiger partial charge in [0.25, 0.3) is 0 Å². The van der Waals surface area contributed by atoms with Crippen LogP contribution in [0, 0.1) is 3.57 Å². The summed E-state index contributed by atoms with van der Waals surface area (Å²) in [5.74, 6) is -0.906. The van der Waals surface area contributed by atoms with E-state index in [4.69, 9.17) is 14.2 Å². The van der Waals surface area contributed by atoms with Crippen LogP contribution in [-0.4, -0.2) is 38.4 Å². The lowest BCUT2D eigenvalue weighted by Gasteiger charge is -2.08. The molecule has 0 aromatic heterocycles. The van der Waals surface area contributed by atoms with Gasteiger partial charge in [0.1, 0.15) is 6.61 Å². The fraction of sp³-hybridized carbons (Fsp3) is 0.467. The molecule has 116 valence electrons. The molecule has 0 aliphatic rings. The maximum absolute atomic E-state index is 11.9. The van der Waals surface area contributed by atoms with Gasteiger partial charge in [0.05, 0.1) is 24.3 Å². The van der Waals surface area contributed by atoms with Gasteiger partial charge in [0.2, 0.25) is 0 Å². The first kappa shape index (κ1) is 17.9. The number of benzene rings is 1. The molecule has 21 heavy (non-hydrogen) atoms. The van der Waals surface area contributed by atoms with E-state index >= 15 is 0 Å². The van der Waals surface area contributed by atoms with Gasteiger partial charge in [-0.15, -0.1) is 0 Å².